The number of fused-ring (bicyclic) bond motifs is 1. The van der Waals surface area contributed by atoms with Crippen LogP contribution >= 0.6 is 0 Å². The van der Waals surface area contributed by atoms with Crippen molar-refractivity contribution in [2.45, 2.75) is 0 Å². The van der Waals surface area contributed by atoms with E-state index in [9.17, 15) is 9.59 Å². The number of amides is 2. The molecule has 0 fully saturated rings. The molecule has 0 saturated carbocycles. The van der Waals surface area contributed by atoms with E-state index in [0.717, 1.165) is 5.56 Å². The quantitative estimate of drug-likeness (QED) is 0.657. The lowest BCUT2D eigenvalue weighted by Crippen LogP contribution is -2.40. The molecule has 2 aromatic carbocycles. The molecule has 3 rings (SSSR count). The Morgan fingerprint density at radius 3 is 2.56 bits per heavy atom. The van der Waals surface area contributed by atoms with Crippen molar-refractivity contribution in [1.82, 2.24) is 10.9 Å². The summed E-state index contributed by atoms with van der Waals surface area (Å²) in [5.41, 5.74) is 6.24. The Hall–Kier alpha value is -3.79. The predicted molar refractivity (Wildman–Crippen MR) is 88.4 cm³/mol. The van der Waals surface area contributed by atoms with Crippen molar-refractivity contribution in [3.8, 4) is 17.6 Å². The van der Waals surface area contributed by atoms with E-state index in [-0.39, 0.29) is 6.79 Å². The number of carbonyl (C=O) groups excluding carboxylic acids is 2. The summed E-state index contributed by atoms with van der Waals surface area (Å²) < 4.78 is 10.4. The summed E-state index contributed by atoms with van der Waals surface area (Å²) in [6.07, 6.45) is 2.85. The molecule has 1 aliphatic heterocycles. The molecule has 25 heavy (non-hydrogen) atoms. The summed E-state index contributed by atoms with van der Waals surface area (Å²) >= 11 is 0. The van der Waals surface area contributed by atoms with Gasteiger partial charge in [-0.1, -0.05) is 12.1 Å². The molecular weight excluding hydrogens is 322 g/mol. The number of nitriles is 1. The van der Waals surface area contributed by atoms with Crippen LogP contribution in [0.4, 0.5) is 0 Å². The van der Waals surface area contributed by atoms with Crippen LogP contribution in [0.15, 0.2) is 48.5 Å². The van der Waals surface area contributed by atoms with Crippen LogP contribution in [0.1, 0.15) is 21.5 Å². The SMILES string of the molecule is N#Cc1ccc(/C=C/C(=O)NNC(=O)c2ccc3c(c2)OCO3)cc1. The molecule has 0 bridgehead atoms. The first-order valence-corrected chi connectivity index (χ1v) is 7.34. The van der Waals surface area contributed by atoms with Gasteiger partial charge >= 0.3 is 0 Å². The highest BCUT2D eigenvalue weighted by Crippen LogP contribution is 2.32. The van der Waals surface area contributed by atoms with Crippen molar-refractivity contribution in [2.24, 2.45) is 0 Å². The maximum absolute atomic E-state index is 12.0. The van der Waals surface area contributed by atoms with Crippen LogP contribution in [0.2, 0.25) is 0 Å². The zero-order valence-electron chi connectivity index (χ0n) is 13.0. The lowest BCUT2D eigenvalue weighted by atomic mass is 10.1. The van der Waals surface area contributed by atoms with Crippen LogP contribution in [0, 0.1) is 11.3 Å². The molecule has 0 aliphatic carbocycles. The highest BCUT2D eigenvalue weighted by atomic mass is 16.7. The molecule has 1 heterocycles. The van der Waals surface area contributed by atoms with Gasteiger partial charge in [-0.3, -0.25) is 20.4 Å². The average Bonchev–Trinajstić information content (AvgIpc) is 3.12. The van der Waals surface area contributed by atoms with Crippen molar-refractivity contribution in [3.05, 3.63) is 65.2 Å². The first-order chi connectivity index (χ1) is 12.2. The van der Waals surface area contributed by atoms with Crippen molar-refractivity contribution in [1.29, 1.82) is 5.26 Å². The lowest BCUT2D eigenvalue weighted by Gasteiger charge is -2.06. The molecule has 0 spiro atoms. The second-order valence-corrected chi connectivity index (χ2v) is 5.08. The molecule has 1 aliphatic rings. The highest BCUT2D eigenvalue weighted by Gasteiger charge is 2.16. The van der Waals surface area contributed by atoms with E-state index < -0.39 is 11.8 Å². The topological polar surface area (TPSA) is 100 Å². The van der Waals surface area contributed by atoms with Crippen molar-refractivity contribution < 1.29 is 19.1 Å². The van der Waals surface area contributed by atoms with Crippen LogP contribution < -0.4 is 20.3 Å². The van der Waals surface area contributed by atoms with Gasteiger partial charge in [-0.25, -0.2) is 0 Å². The second kappa shape index (κ2) is 7.19. The Bertz CT molecular complexity index is 882. The maximum Gasteiger partial charge on any atom is 0.269 e. The highest BCUT2D eigenvalue weighted by molar-refractivity contribution is 5.98. The van der Waals surface area contributed by atoms with Gasteiger partial charge in [0.1, 0.15) is 0 Å². The van der Waals surface area contributed by atoms with E-state index in [2.05, 4.69) is 10.9 Å². The third kappa shape index (κ3) is 3.95. The lowest BCUT2D eigenvalue weighted by molar-refractivity contribution is -0.117. The zero-order valence-corrected chi connectivity index (χ0v) is 13.0. The minimum atomic E-state index is -0.488. The fourth-order valence-corrected chi connectivity index (χ4v) is 2.11. The van der Waals surface area contributed by atoms with Gasteiger partial charge in [-0.05, 0) is 42.0 Å². The Balaban J connectivity index is 1.53. The number of nitrogens with zero attached hydrogens (tertiary/aromatic N) is 1. The molecule has 0 saturated heterocycles. The minimum Gasteiger partial charge on any atom is -0.454 e. The van der Waals surface area contributed by atoms with Gasteiger partial charge in [0.15, 0.2) is 11.5 Å². The maximum atomic E-state index is 12.0. The molecule has 7 heteroatoms. The molecule has 2 aromatic rings. The number of hydrogen-bond acceptors (Lipinski definition) is 5. The molecule has 2 amide bonds. The molecule has 124 valence electrons. The number of rotatable bonds is 3. The van der Waals surface area contributed by atoms with Gasteiger partial charge in [-0.15, -0.1) is 0 Å². The molecule has 0 aromatic heterocycles. The number of hydrogen-bond donors (Lipinski definition) is 2. The molecule has 0 atom stereocenters. The minimum absolute atomic E-state index is 0.122. The van der Waals surface area contributed by atoms with Crippen LogP contribution in [-0.4, -0.2) is 18.6 Å². The predicted octanol–water partition coefficient (Wildman–Crippen LogP) is 1.76. The first-order valence-electron chi connectivity index (χ1n) is 7.34. The normalized spacial score (nSPS) is 11.8. The zero-order chi connectivity index (χ0) is 17.6. The van der Waals surface area contributed by atoms with Gasteiger partial charge in [-0.2, -0.15) is 5.26 Å². The van der Waals surface area contributed by atoms with E-state index in [0.29, 0.717) is 22.6 Å². The standard InChI is InChI=1S/C18H13N3O4/c19-10-13-3-1-12(2-4-13)5-8-17(22)20-21-18(23)14-6-7-15-16(9-14)25-11-24-15/h1-9H,11H2,(H,20,22)(H,21,23)/b8-5+. The van der Waals surface area contributed by atoms with Gasteiger partial charge in [0, 0.05) is 11.6 Å². The van der Waals surface area contributed by atoms with Crippen molar-refractivity contribution in [2.75, 3.05) is 6.79 Å². The molecular formula is C18H13N3O4. The number of ether oxygens (including phenoxy) is 2. The van der Waals surface area contributed by atoms with Crippen LogP contribution in [0.5, 0.6) is 11.5 Å². The van der Waals surface area contributed by atoms with Crippen LogP contribution in [0.3, 0.4) is 0 Å². The van der Waals surface area contributed by atoms with Gasteiger partial charge in [0.2, 0.25) is 6.79 Å². The van der Waals surface area contributed by atoms with Crippen molar-refractivity contribution in [3.63, 3.8) is 0 Å². The number of benzene rings is 2. The smallest absolute Gasteiger partial charge is 0.269 e. The Labute approximate surface area is 143 Å². The molecule has 0 unspecified atom stereocenters. The third-order valence-corrected chi connectivity index (χ3v) is 3.40. The van der Waals surface area contributed by atoms with Crippen LogP contribution in [0.25, 0.3) is 6.08 Å². The number of carbonyl (C=O) groups is 2. The first kappa shape index (κ1) is 16.1. The second-order valence-electron chi connectivity index (χ2n) is 5.08. The van der Waals surface area contributed by atoms with Gasteiger partial charge < -0.3 is 9.47 Å². The average molecular weight is 335 g/mol. The van der Waals surface area contributed by atoms with Gasteiger partial charge in [0.05, 0.1) is 11.6 Å². The van der Waals surface area contributed by atoms with Crippen molar-refractivity contribution >= 4 is 17.9 Å². The van der Waals surface area contributed by atoms with E-state index in [1.165, 1.54) is 12.1 Å². The van der Waals surface area contributed by atoms with Gasteiger partial charge in [0.25, 0.3) is 11.8 Å². The molecule has 0 radical (unpaired) electrons. The Morgan fingerprint density at radius 1 is 1.04 bits per heavy atom. The summed E-state index contributed by atoms with van der Waals surface area (Å²) in [7, 11) is 0. The molecule has 7 nitrogen and oxygen atoms in total. The summed E-state index contributed by atoms with van der Waals surface area (Å²) in [6, 6.07) is 13.5. The summed E-state index contributed by atoms with van der Waals surface area (Å²) in [6.45, 7) is 0.122. The largest absolute Gasteiger partial charge is 0.454 e. The summed E-state index contributed by atoms with van der Waals surface area (Å²) in [4.78, 5) is 23.8. The number of nitrogens with one attached hydrogen (secondary N) is 2. The Morgan fingerprint density at radius 2 is 1.80 bits per heavy atom. The van der Waals surface area contributed by atoms with Crippen LogP contribution in [-0.2, 0) is 4.79 Å². The Kier molecular flexibility index (Phi) is 4.62. The summed E-state index contributed by atoms with van der Waals surface area (Å²) in [5, 5.41) is 8.73. The fraction of sp³-hybridized carbons (Fsp3) is 0.0556. The summed E-state index contributed by atoms with van der Waals surface area (Å²) in [5.74, 6) is 0.0995. The molecule has 2 N–H and O–H groups in total. The van der Waals surface area contributed by atoms with E-state index in [1.54, 1.807) is 42.5 Å². The monoisotopic (exact) mass is 335 g/mol. The third-order valence-electron chi connectivity index (χ3n) is 3.40. The van der Waals surface area contributed by atoms with E-state index in [4.69, 9.17) is 14.7 Å². The fourth-order valence-electron chi connectivity index (χ4n) is 2.11. The van der Waals surface area contributed by atoms with E-state index >= 15 is 0 Å². The number of hydrazine groups is 1. The van der Waals surface area contributed by atoms with E-state index in [1.807, 2.05) is 6.07 Å².